The molecule has 0 aliphatic heterocycles. The summed E-state index contributed by atoms with van der Waals surface area (Å²) in [4.78, 5) is 11.9. The van der Waals surface area contributed by atoms with E-state index >= 15 is 0 Å². The van der Waals surface area contributed by atoms with Crippen molar-refractivity contribution in [2.24, 2.45) is 17.6 Å². The van der Waals surface area contributed by atoms with Crippen LogP contribution in [0.2, 0.25) is 0 Å². The van der Waals surface area contributed by atoms with E-state index in [1.54, 1.807) is 0 Å². The van der Waals surface area contributed by atoms with Gasteiger partial charge >= 0.3 is 0 Å². The molecule has 0 saturated heterocycles. The van der Waals surface area contributed by atoms with Gasteiger partial charge in [0.1, 0.15) is 17.1 Å². The molecule has 1 fully saturated rings. The van der Waals surface area contributed by atoms with Crippen LogP contribution in [0.1, 0.15) is 29.6 Å². The van der Waals surface area contributed by atoms with Crippen LogP contribution in [-0.2, 0) is 0 Å². The number of rotatable bonds is 4. The molecule has 2 rings (SSSR count). The van der Waals surface area contributed by atoms with Gasteiger partial charge in [-0.15, -0.1) is 0 Å². The van der Waals surface area contributed by atoms with Gasteiger partial charge in [0.25, 0.3) is 5.91 Å². The number of phenolic OH excluding ortho intramolecular Hbond substituents is 1. The van der Waals surface area contributed by atoms with Crippen LogP contribution in [0, 0.1) is 17.7 Å². The predicted molar refractivity (Wildman–Crippen MR) is 70.3 cm³/mol. The maximum absolute atomic E-state index is 13.5. The average molecular weight is 266 g/mol. The third kappa shape index (κ3) is 3.04. The van der Waals surface area contributed by atoms with Crippen LogP contribution in [0.4, 0.5) is 4.39 Å². The topological polar surface area (TPSA) is 75.3 Å². The lowest BCUT2D eigenvalue weighted by Crippen LogP contribution is -2.33. The van der Waals surface area contributed by atoms with Gasteiger partial charge in [0.2, 0.25) is 0 Å². The van der Waals surface area contributed by atoms with E-state index in [-0.39, 0.29) is 11.3 Å². The summed E-state index contributed by atoms with van der Waals surface area (Å²) in [6.45, 7) is 1.10. The normalized spacial score (nSPS) is 22.4. The van der Waals surface area contributed by atoms with E-state index in [1.165, 1.54) is 12.1 Å². The molecule has 2 unspecified atom stereocenters. The smallest absolute Gasteiger partial charge is 0.258 e. The fourth-order valence-corrected chi connectivity index (χ4v) is 2.74. The van der Waals surface area contributed by atoms with Gasteiger partial charge in [0.05, 0.1) is 0 Å². The van der Waals surface area contributed by atoms with E-state index < -0.39 is 11.7 Å². The lowest BCUT2D eigenvalue weighted by atomic mass is 9.96. The second-order valence-corrected chi connectivity index (χ2v) is 5.03. The summed E-state index contributed by atoms with van der Waals surface area (Å²) in [6.07, 6.45) is 3.24. The van der Waals surface area contributed by atoms with Crippen molar-refractivity contribution in [3.05, 3.63) is 29.6 Å². The molecular formula is C14H19FN2O2. The third-order valence-electron chi connectivity index (χ3n) is 3.86. The minimum atomic E-state index is -0.709. The molecule has 0 spiro atoms. The van der Waals surface area contributed by atoms with Crippen molar-refractivity contribution in [1.82, 2.24) is 5.32 Å². The third-order valence-corrected chi connectivity index (χ3v) is 3.86. The van der Waals surface area contributed by atoms with E-state index in [9.17, 15) is 14.3 Å². The van der Waals surface area contributed by atoms with Gasteiger partial charge in [0.15, 0.2) is 0 Å². The van der Waals surface area contributed by atoms with Gasteiger partial charge in [0, 0.05) is 6.54 Å². The molecule has 1 aliphatic carbocycles. The molecule has 0 bridgehead atoms. The van der Waals surface area contributed by atoms with Crippen molar-refractivity contribution in [2.45, 2.75) is 19.3 Å². The monoisotopic (exact) mass is 266 g/mol. The van der Waals surface area contributed by atoms with Crippen molar-refractivity contribution in [2.75, 3.05) is 13.1 Å². The first-order valence-electron chi connectivity index (χ1n) is 6.59. The van der Waals surface area contributed by atoms with E-state index in [0.29, 0.717) is 24.9 Å². The van der Waals surface area contributed by atoms with Crippen LogP contribution in [0.5, 0.6) is 5.75 Å². The largest absolute Gasteiger partial charge is 0.507 e. The highest BCUT2D eigenvalue weighted by atomic mass is 19.1. The second-order valence-electron chi connectivity index (χ2n) is 5.03. The zero-order chi connectivity index (χ0) is 13.8. The molecule has 2 atom stereocenters. The fraction of sp³-hybridized carbons (Fsp3) is 0.500. The number of nitrogens with two attached hydrogens (primary N) is 1. The van der Waals surface area contributed by atoms with Crippen LogP contribution < -0.4 is 11.1 Å². The molecule has 104 valence electrons. The van der Waals surface area contributed by atoms with Crippen molar-refractivity contribution < 1.29 is 14.3 Å². The molecule has 5 heteroatoms. The first kappa shape index (κ1) is 13.8. The predicted octanol–water partition coefficient (Wildman–Crippen LogP) is 1.64. The fourth-order valence-electron chi connectivity index (χ4n) is 2.74. The molecule has 0 heterocycles. The number of hydrogen-bond acceptors (Lipinski definition) is 3. The quantitative estimate of drug-likeness (QED) is 0.775. The Morgan fingerprint density at radius 1 is 1.42 bits per heavy atom. The van der Waals surface area contributed by atoms with Gasteiger partial charge in [-0.25, -0.2) is 4.39 Å². The zero-order valence-electron chi connectivity index (χ0n) is 10.7. The first-order chi connectivity index (χ1) is 9.13. The minimum absolute atomic E-state index is 0.287. The van der Waals surface area contributed by atoms with Crippen LogP contribution >= 0.6 is 0 Å². The second kappa shape index (κ2) is 6.02. The number of hydrogen-bond donors (Lipinski definition) is 3. The van der Waals surface area contributed by atoms with Gasteiger partial charge in [-0.1, -0.05) is 12.5 Å². The summed E-state index contributed by atoms with van der Waals surface area (Å²) in [5.41, 5.74) is 5.39. The van der Waals surface area contributed by atoms with E-state index in [0.717, 1.165) is 25.3 Å². The summed E-state index contributed by atoms with van der Waals surface area (Å²) in [6, 6.07) is 3.83. The number of carbonyl (C=O) groups excluding carboxylic acids is 1. The Kier molecular flexibility index (Phi) is 4.37. The highest BCUT2D eigenvalue weighted by Crippen LogP contribution is 2.30. The molecule has 4 nitrogen and oxygen atoms in total. The Labute approximate surface area is 111 Å². The Bertz CT molecular complexity index is 445. The number of nitrogens with one attached hydrogen (secondary N) is 1. The summed E-state index contributed by atoms with van der Waals surface area (Å²) in [7, 11) is 0. The number of benzene rings is 1. The standard InChI is InChI=1S/C14H19FN2O2/c15-11-5-2-6-12(18)13(11)14(19)17-8-10-4-1-3-9(10)7-16/h2,5-6,9-10,18H,1,3-4,7-8,16H2,(H,17,19). The highest BCUT2D eigenvalue weighted by Gasteiger charge is 2.27. The van der Waals surface area contributed by atoms with Crippen LogP contribution in [0.15, 0.2) is 18.2 Å². The van der Waals surface area contributed by atoms with Gasteiger partial charge in [-0.05, 0) is 43.4 Å². The molecule has 0 aromatic heterocycles. The lowest BCUT2D eigenvalue weighted by molar-refractivity contribution is 0.0937. The average Bonchev–Trinajstić information content (AvgIpc) is 2.83. The Balaban J connectivity index is 1.98. The highest BCUT2D eigenvalue weighted by molar-refractivity contribution is 5.97. The number of amides is 1. The minimum Gasteiger partial charge on any atom is -0.507 e. The Morgan fingerprint density at radius 2 is 2.16 bits per heavy atom. The van der Waals surface area contributed by atoms with Gasteiger partial charge < -0.3 is 16.2 Å². The molecule has 19 heavy (non-hydrogen) atoms. The molecule has 4 N–H and O–H groups in total. The van der Waals surface area contributed by atoms with Crippen LogP contribution in [0.25, 0.3) is 0 Å². The van der Waals surface area contributed by atoms with Crippen LogP contribution in [-0.4, -0.2) is 24.1 Å². The number of aromatic hydroxyl groups is 1. The molecule has 1 amide bonds. The van der Waals surface area contributed by atoms with E-state index in [4.69, 9.17) is 5.73 Å². The molecule has 1 aliphatic rings. The van der Waals surface area contributed by atoms with Crippen LogP contribution in [0.3, 0.4) is 0 Å². The summed E-state index contributed by atoms with van der Waals surface area (Å²) in [5, 5.41) is 12.2. The Hall–Kier alpha value is -1.62. The van der Waals surface area contributed by atoms with Crippen molar-refractivity contribution >= 4 is 5.91 Å². The number of carbonyl (C=O) groups is 1. The Morgan fingerprint density at radius 3 is 2.84 bits per heavy atom. The molecule has 1 aromatic rings. The molecular weight excluding hydrogens is 247 g/mol. The molecule has 1 saturated carbocycles. The first-order valence-corrected chi connectivity index (χ1v) is 6.59. The van der Waals surface area contributed by atoms with E-state index in [2.05, 4.69) is 5.32 Å². The zero-order valence-corrected chi connectivity index (χ0v) is 10.7. The van der Waals surface area contributed by atoms with E-state index in [1.807, 2.05) is 0 Å². The summed E-state index contributed by atoms with van der Waals surface area (Å²) < 4.78 is 13.5. The van der Waals surface area contributed by atoms with Gasteiger partial charge in [-0.3, -0.25) is 4.79 Å². The number of phenols is 1. The van der Waals surface area contributed by atoms with Crippen molar-refractivity contribution in [3.8, 4) is 5.75 Å². The molecule has 1 aromatic carbocycles. The summed E-state index contributed by atoms with van der Waals surface area (Å²) >= 11 is 0. The van der Waals surface area contributed by atoms with Crippen molar-refractivity contribution in [1.29, 1.82) is 0 Å². The van der Waals surface area contributed by atoms with Gasteiger partial charge in [-0.2, -0.15) is 0 Å². The number of halogens is 1. The van der Waals surface area contributed by atoms with Crippen molar-refractivity contribution in [3.63, 3.8) is 0 Å². The SMILES string of the molecule is NCC1CCCC1CNC(=O)c1c(O)cccc1F. The summed E-state index contributed by atoms with van der Waals surface area (Å²) in [5.74, 6) is -0.839. The molecule has 0 radical (unpaired) electrons. The lowest BCUT2D eigenvalue weighted by Gasteiger charge is -2.18. The maximum Gasteiger partial charge on any atom is 0.258 e. The maximum atomic E-state index is 13.5.